The van der Waals surface area contributed by atoms with E-state index in [1.165, 1.54) is 25.7 Å². The van der Waals surface area contributed by atoms with E-state index in [1.807, 2.05) is 0 Å². The summed E-state index contributed by atoms with van der Waals surface area (Å²) in [5.41, 5.74) is -1.06. The molecule has 0 amide bonds. The van der Waals surface area contributed by atoms with Crippen LogP contribution >= 0.6 is 0 Å². The number of aliphatic hydroxyl groups excluding tert-OH is 2. The molecule has 3 nitrogen and oxygen atoms in total. The minimum Gasteiger partial charge on any atom is -0.393 e. The van der Waals surface area contributed by atoms with Gasteiger partial charge in [0.25, 0.3) is 0 Å². The van der Waals surface area contributed by atoms with Crippen molar-refractivity contribution in [3.63, 3.8) is 0 Å². The molecule has 11 atom stereocenters. The molecule has 0 heterocycles. The van der Waals surface area contributed by atoms with E-state index >= 15 is 0 Å². The van der Waals surface area contributed by atoms with Crippen LogP contribution in [0.25, 0.3) is 0 Å². The molecule has 32 heavy (non-hydrogen) atoms. The number of allylic oxidation sites excluding steroid dienone is 2. The van der Waals surface area contributed by atoms with Crippen LogP contribution < -0.4 is 0 Å². The normalized spacial score (nSPS) is 50.7. The zero-order valence-electron chi connectivity index (χ0n) is 21.6. The molecule has 0 aromatic heterocycles. The van der Waals surface area contributed by atoms with Crippen LogP contribution in [0.2, 0.25) is 0 Å². The first-order valence-electron chi connectivity index (χ1n) is 13.7. The second-order valence-corrected chi connectivity index (χ2v) is 13.2. The van der Waals surface area contributed by atoms with Gasteiger partial charge in [0.2, 0.25) is 0 Å². The fraction of sp³-hybridized carbons (Fsp3) is 0.931. The van der Waals surface area contributed by atoms with E-state index in [4.69, 9.17) is 0 Å². The monoisotopic (exact) mass is 446 g/mol. The zero-order chi connectivity index (χ0) is 23.5. The number of hydrogen-bond acceptors (Lipinski definition) is 3. The highest BCUT2D eigenvalue weighted by atomic mass is 16.3. The molecule has 0 aromatic rings. The lowest BCUT2D eigenvalue weighted by Crippen LogP contribution is -2.68. The van der Waals surface area contributed by atoms with Crippen LogP contribution in [0.3, 0.4) is 0 Å². The second kappa shape index (κ2) is 8.68. The van der Waals surface area contributed by atoms with E-state index in [0.717, 1.165) is 19.3 Å². The first kappa shape index (κ1) is 24.7. The Morgan fingerprint density at radius 1 is 0.938 bits per heavy atom. The lowest BCUT2D eigenvalue weighted by Gasteiger charge is -2.65. The number of hydrogen-bond donors (Lipinski definition) is 3. The Labute approximate surface area is 197 Å². The minimum absolute atomic E-state index is 0.273. The van der Waals surface area contributed by atoms with Gasteiger partial charge in [0.15, 0.2) is 0 Å². The Hall–Kier alpha value is -0.380. The summed E-state index contributed by atoms with van der Waals surface area (Å²) in [6, 6.07) is 0. The van der Waals surface area contributed by atoms with Crippen molar-refractivity contribution >= 4 is 0 Å². The maximum atomic E-state index is 11.6. The van der Waals surface area contributed by atoms with Crippen LogP contribution in [0.4, 0.5) is 0 Å². The topological polar surface area (TPSA) is 60.7 Å². The second-order valence-electron chi connectivity index (χ2n) is 13.2. The van der Waals surface area contributed by atoms with Gasteiger partial charge in [0, 0.05) is 11.8 Å². The molecule has 4 unspecified atom stereocenters. The fourth-order valence-electron chi connectivity index (χ4n) is 9.45. The first-order valence-corrected chi connectivity index (χ1v) is 13.7. The average molecular weight is 447 g/mol. The summed E-state index contributed by atoms with van der Waals surface area (Å²) in [6.45, 7) is 14.2. The predicted molar refractivity (Wildman–Crippen MR) is 131 cm³/mol. The third kappa shape index (κ3) is 3.64. The van der Waals surface area contributed by atoms with Crippen LogP contribution in [0.1, 0.15) is 99.3 Å². The van der Waals surface area contributed by atoms with Crippen molar-refractivity contribution in [3.05, 3.63) is 12.2 Å². The minimum atomic E-state index is -1.13. The lowest BCUT2D eigenvalue weighted by molar-refractivity contribution is -0.264. The van der Waals surface area contributed by atoms with Gasteiger partial charge in [-0.3, -0.25) is 0 Å². The van der Waals surface area contributed by atoms with Gasteiger partial charge < -0.3 is 15.3 Å². The Balaban J connectivity index is 1.56. The van der Waals surface area contributed by atoms with Gasteiger partial charge in [-0.05, 0) is 98.2 Å². The van der Waals surface area contributed by atoms with Crippen molar-refractivity contribution in [3.8, 4) is 0 Å². The van der Waals surface area contributed by atoms with Crippen molar-refractivity contribution in [1.29, 1.82) is 0 Å². The van der Waals surface area contributed by atoms with E-state index in [0.29, 0.717) is 59.7 Å². The van der Waals surface area contributed by atoms with Crippen LogP contribution in [-0.4, -0.2) is 33.1 Å². The highest BCUT2D eigenvalue weighted by molar-refractivity contribution is 5.17. The molecule has 0 bridgehead atoms. The fourth-order valence-corrected chi connectivity index (χ4v) is 9.45. The van der Waals surface area contributed by atoms with E-state index in [9.17, 15) is 15.3 Å². The third-order valence-electron chi connectivity index (χ3n) is 11.5. The van der Waals surface area contributed by atoms with Crippen molar-refractivity contribution < 1.29 is 15.3 Å². The zero-order valence-corrected chi connectivity index (χ0v) is 21.6. The molecule has 0 spiro atoms. The summed E-state index contributed by atoms with van der Waals surface area (Å²) in [5, 5.41) is 33.2. The molecule has 0 aliphatic heterocycles. The first-order chi connectivity index (χ1) is 15.0. The molecule has 4 aliphatic rings. The Bertz CT molecular complexity index is 703. The summed E-state index contributed by atoms with van der Waals surface area (Å²) >= 11 is 0. The Morgan fingerprint density at radius 3 is 2.31 bits per heavy atom. The van der Waals surface area contributed by atoms with E-state index in [1.54, 1.807) is 0 Å². The van der Waals surface area contributed by atoms with Gasteiger partial charge >= 0.3 is 0 Å². The van der Waals surface area contributed by atoms with Gasteiger partial charge in [-0.15, -0.1) is 0 Å². The highest BCUT2D eigenvalue weighted by Crippen LogP contribution is 2.69. The molecule has 4 fully saturated rings. The van der Waals surface area contributed by atoms with Gasteiger partial charge in [-0.25, -0.2) is 0 Å². The summed E-state index contributed by atoms with van der Waals surface area (Å²) in [4.78, 5) is 0. The molecular formula is C29H50O3. The summed E-state index contributed by atoms with van der Waals surface area (Å²) < 4.78 is 0. The van der Waals surface area contributed by atoms with Crippen molar-refractivity contribution in [2.45, 2.75) is 117 Å². The SMILES string of the molecule is CC[C@H](/C=C/[C@@H](C)C1CCC2C3C[C@H](O)[C@@]4(O)C[C@@H](O)CC[C@]4(C)C3CC[C@@]21C)C(C)C. The molecule has 3 N–H and O–H groups in total. The van der Waals surface area contributed by atoms with Gasteiger partial charge in [0.1, 0.15) is 0 Å². The number of rotatable bonds is 5. The third-order valence-corrected chi connectivity index (χ3v) is 11.5. The lowest BCUT2D eigenvalue weighted by atomic mass is 9.42. The van der Waals surface area contributed by atoms with Crippen LogP contribution in [0, 0.1) is 52.3 Å². The van der Waals surface area contributed by atoms with E-state index in [-0.39, 0.29) is 5.41 Å². The quantitative estimate of drug-likeness (QED) is 0.456. The molecule has 4 aliphatic carbocycles. The highest BCUT2D eigenvalue weighted by Gasteiger charge is 2.67. The smallest absolute Gasteiger partial charge is 0.0985 e. The van der Waals surface area contributed by atoms with E-state index in [2.05, 4.69) is 53.7 Å². The summed E-state index contributed by atoms with van der Waals surface area (Å²) in [7, 11) is 0. The van der Waals surface area contributed by atoms with Crippen molar-refractivity contribution in [2.75, 3.05) is 0 Å². The van der Waals surface area contributed by atoms with Gasteiger partial charge in [-0.2, -0.15) is 0 Å². The van der Waals surface area contributed by atoms with Gasteiger partial charge in [0.05, 0.1) is 17.8 Å². The summed E-state index contributed by atoms with van der Waals surface area (Å²) in [5.74, 6) is 4.31. The molecule has 0 aromatic carbocycles. The largest absolute Gasteiger partial charge is 0.393 e. The Kier molecular flexibility index (Phi) is 6.71. The molecule has 0 saturated heterocycles. The van der Waals surface area contributed by atoms with E-state index < -0.39 is 17.8 Å². The molecular weight excluding hydrogens is 396 g/mol. The predicted octanol–water partition coefficient (Wildman–Crippen LogP) is 5.97. The number of fused-ring (bicyclic) bond motifs is 5. The number of aliphatic hydroxyl groups is 3. The van der Waals surface area contributed by atoms with Crippen molar-refractivity contribution in [1.82, 2.24) is 0 Å². The average Bonchev–Trinajstić information content (AvgIpc) is 3.08. The Morgan fingerprint density at radius 2 is 1.66 bits per heavy atom. The maximum absolute atomic E-state index is 11.6. The molecule has 3 heteroatoms. The van der Waals surface area contributed by atoms with Crippen molar-refractivity contribution in [2.24, 2.45) is 52.3 Å². The molecule has 4 saturated carbocycles. The maximum Gasteiger partial charge on any atom is 0.0985 e. The molecule has 184 valence electrons. The summed E-state index contributed by atoms with van der Waals surface area (Å²) in [6.07, 6.45) is 12.7. The van der Waals surface area contributed by atoms with Crippen LogP contribution in [0.15, 0.2) is 12.2 Å². The standard InChI is InChI=1S/C29H50O3/c1-7-20(18(2)3)9-8-19(4)23-10-11-24-22-16-26(31)29(32)17-21(30)12-15-28(29,6)25(22)13-14-27(23,24)5/h8-9,18-26,30-32H,7,10-17H2,1-6H3/b9-8+/t19-,20-,21+,22?,23?,24?,25?,26+,27-,28-,29+/m1/s1. The van der Waals surface area contributed by atoms with Crippen LogP contribution in [-0.2, 0) is 0 Å². The van der Waals surface area contributed by atoms with Crippen LogP contribution in [0.5, 0.6) is 0 Å². The van der Waals surface area contributed by atoms with Gasteiger partial charge in [-0.1, -0.05) is 53.7 Å². The molecule has 0 radical (unpaired) electrons. The molecule has 4 rings (SSSR count).